The minimum atomic E-state index is -0.812. The minimum Gasteiger partial charge on any atom is -0.480 e. The smallest absolute Gasteiger partial charge is 0.320 e. The lowest BCUT2D eigenvalue weighted by Crippen LogP contribution is -2.37. The van der Waals surface area contributed by atoms with Crippen LogP contribution in [0.4, 0.5) is 0 Å². The van der Waals surface area contributed by atoms with Crippen LogP contribution >= 0.6 is 0 Å². The molecule has 2 N–H and O–H groups in total. The standard InChI is InChI=1S/C13H17N3O2/c1-2-14-11(13(17)18)7-8-16-12-6-4-3-5-10(12)9-15-16/h3-6,9,11,14H,2,7-8H2,1H3,(H,17,18). The number of carboxylic acid groups (broad SMARTS) is 1. The molecule has 1 unspecified atom stereocenters. The molecule has 0 amide bonds. The SMILES string of the molecule is CCNC(CCn1ncc2ccccc21)C(=O)O. The van der Waals surface area contributed by atoms with Crippen molar-refractivity contribution in [2.24, 2.45) is 0 Å². The molecular weight excluding hydrogens is 230 g/mol. The first kappa shape index (κ1) is 12.6. The van der Waals surface area contributed by atoms with Crippen LogP contribution in [0.2, 0.25) is 0 Å². The number of fused-ring (bicyclic) bond motifs is 1. The van der Waals surface area contributed by atoms with Crippen molar-refractivity contribution in [3.8, 4) is 0 Å². The molecule has 0 aliphatic rings. The van der Waals surface area contributed by atoms with Crippen molar-refractivity contribution in [3.63, 3.8) is 0 Å². The highest BCUT2D eigenvalue weighted by Crippen LogP contribution is 2.13. The summed E-state index contributed by atoms with van der Waals surface area (Å²) >= 11 is 0. The summed E-state index contributed by atoms with van der Waals surface area (Å²) in [5, 5.41) is 17.4. The molecule has 0 saturated carbocycles. The number of aryl methyl sites for hydroxylation is 1. The van der Waals surface area contributed by atoms with Gasteiger partial charge in [0.1, 0.15) is 6.04 Å². The Balaban J connectivity index is 2.07. The number of hydrogen-bond donors (Lipinski definition) is 2. The van der Waals surface area contributed by atoms with Crippen molar-refractivity contribution in [1.29, 1.82) is 0 Å². The summed E-state index contributed by atoms with van der Waals surface area (Å²) < 4.78 is 1.85. The highest BCUT2D eigenvalue weighted by molar-refractivity contribution is 5.78. The molecule has 5 heteroatoms. The van der Waals surface area contributed by atoms with E-state index in [0.29, 0.717) is 19.5 Å². The summed E-state index contributed by atoms with van der Waals surface area (Å²) in [6.07, 6.45) is 2.33. The van der Waals surface area contributed by atoms with Crippen molar-refractivity contribution in [1.82, 2.24) is 15.1 Å². The highest BCUT2D eigenvalue weighted by Gasteiger charge is 2.16. The number of carboxylic acids is 1. The van der Waals surface area contributed by atoms with Gasteiger partial charge in [0.05, 0.1) is 11.7 Å². The third kappa shape index (κ3) is 2.68. The molecule has 96 valence electrons. The number of likely N-dealkylation sites (N-methyl/N-ethyl adjacent to an activating group) is 1. The van der Waals surface area contributed by atoms with E-state index in [1.165, 1.54) is 0 Å². The molecule has 1 aromatic carbocycles. The topological polar surface area (TPSA) is 67.2 Å². The van der Waals surface area contributed by atoms with Gasteiger partial charge >= 0.3 is 5.97 Å². The van der Waals surface area contributed by atoms with Gasteiger partial charge in [0.2, 0.25) is 0 Å². The monoisotopic (exact) mass is 247 g/mol. The zero-order valence-electron chi connectivity index (χ0n) is 10.3. The van der Waals surface area contributed by atoms with Gasteiger partial charge in [-0.2, -0.15) is 5.10 Å². The minimum absolute atomic E-state index is 0.516. The van der Waals surface area contributed by atoms with E-state index in [2.05, 4.69) is 10.4 Å². The van der Waals surface area contributed by atoms with Crippen LogP contribution in [0.25, 0.3) is 10.9 Å². The van der Waals surface area contributed by atoms with Gasteiger partial charge in [-0.3, -0.25) is 9.48 Å². The van der Waals surface area contributed by atoms with Gasteiger partial charge in [-0.15, -0.1) is 0 Å². The fraction of sp³-hybridized carbons (Fsp3) is 0.385. The number of carbonyl (C=O) groups is 1. The molecule has 0 aliphatic heterocycles. The second-order valence-corrected chi connectivity index (χ2v) is 4.16. The predicted molar refractivity (Wildman–Crippen MR) is 69.5 cm³/mol. The molecule has 2 rings (SSSR count). The second kappa shape index (κ2) is 5.64. The maximum absolute atomic E-state index is 11.0. The predicted octanol–water partition coefficient (Wildman–Crippen LogP) is 1.49. The number of para-hydroxylation sites is 1. The summed E-state index contributed by atoms with van der Waals surface area (Å²) in [6.45, 7) is 3.15. The van der Waals surface area contributed by atoms with Crippen LogP contribution in [0.5, 0.6) is 0 Å². The van der Waals surface area contributed by atoms with Gasteiger partial charge in [0, 0.05) is 11.9 Å². The van der Waals surface area contributed by atoms with Gasteiger partial charge < -0.3 is 10.4 Å². The molecular formula is C13H17N3O2. The fourth-order valence-electron chi connectivity index (χ4n) is 2.01. The maximum Gasteiger partial charge on any atom is 0.320 e. The first-order valence-corrected chi connectivity index (χ1v) is 6.09. The average Bonchev–Trinajstić information content (AvgIpc) is 2.77. The lowest BCUT2D eigenvalue weighted by Gasteiger charge is -2.13. The Morgan fingerprint density at radius 1 is 1.50 bits per heavy atom. The molecule has 18 heavy (non-hydrogen) atoms. The van der Waals surface area contributed by atoms with Gasteiger partial charge in [-0.1, -0.05) is 25.1 Å². The van der Waals surface area contributed by atoms with Crippen molar-refractivity contribution in [3.05, 3.63) is 30.5 Å². The van der Waals surface area contributed by atoms with E-state index in [9.17, 15) is 4.79 Å². The van der Waals surface area contributed by atoms with E-state index >= 15 is 0 Å². The van der Waals surface area contributed by atoms with E-state index in [1.54, 1.807) is 6.20 Å². The molecule has 2 aromatic rings. The summed E-state index contributed by atoms with van der Waals surface area (Å²) in [5.41, 5.74) is 1.04. The van der Waals surface area contributed by atoms with E-state index in [0.717, 1.165) is 10.9 Å². The van der Waals surface area contributed by atoms with Gasteiger partial charge in [-0.25, -0.2) is 0 Å². The van der Waals surface area contributed by atoms with Crippen molar-refractivity contribution in [2.45, 2.75) is 25.9 Å². The number of aliphatic carboxylic acids is 1. The molecule has 0 bridgehead atoms. The molecule has 0 spiro atoms. The molecule has 0 aliphatic carbocycles. The van der Waals surface area contributed by atoms with E-state index < -0.39 is 12.0 Å². The third-order valence-electron chi connectivity index (χ3n) is 2.93. The number of benzene rings is 1. The Morgan fingerprint density at radius 3 is 3.00 bits per heavy atom. The number of nitrogens with zero attached hydrogens (tertiary/aromatic N) is 2. The van der Waals surface area contributed by atoms with Gasteiger partial charge in [0.25, 0.3) is 0 Å². The Labute approximate surface area is 105 Å². The second-order valence-electron chi connectivity index (χ2n) is 4.16. The van der Waals surface area contributed by atoms with Crippen LogP contribution in [-0.2, 0) is 11.3 Å². The Morgan fingerprint density at radius 2 is 2.28 bits per heavy atom. The summed E-state index contributed by atoms with van der Waals surface area (Å²) in [4.78, 5) is 11.0. The molecule has 0 radical (unpaired) electrons. The van der Waals surface area contributed by atoms with E-state index in [1.807, 2.05) is 35.9 Å². The molecule has 1 aromatic heterocycles. The number of hydrogen-bond acceptors (Lipinski definition) is 3. The Kier molecular flexibility index (Phi) is 3.94. The molecule has 1 atom stereocenters. The van der Waals surface area contributed by atoms with E-state index in [-0.39, 0.29) is 0 Å². The number of aromatic nitrogens is 2. The Hall–Kier alpha value is -1.88. The van der Waals surface area contributed by atoms with Crippen LogP contribution in [0, 0.1) is 0 Å². The van der Waals surface area contributed by atoms with Crippen LogP contribution in [0.1, 0.15) is 13.3 Å². The molecule has 0 saturated heterocycles. The first-order valence-electron chi connectivity index (χ1n) is 6.09. The van der Waals surface area contributed by atoms with Crippen molar-refractivity contribution < 1.29 is 9.90 Å². The van der Waals surface area contributed by atoms with Crippen molar-refractivity contribution in [2.75, 3.05) is 6.54 Å². The lowest BCUT2D eigenvalue weighted by atomic mass is 10.2. The summed E-state index contributed by atoms with van der Waals surface area (Å²) in [7, 11) is 0. The Bertz CT molecular complexity index is 536. The molecule has 5 nitrogen and oxygen atoms in total. The molecule has 0 fully saturated rings. The van der Waals surface area contributed by atoms with Crippen LogP contribution < -0.4 is 5.32 Å². The highest BCUT2D eigenvalue weighted by atomic mass is 16.4. The summed E-state index contributed by atoms with van der Waals surface area (Å²) in [6, 6.07) is 7.40. The normalized spacial score (nSPS) is 12.7. The molecule has 1 heterocycles. The average molecular weight is 247 g/mol. The fourth-order valence-corrected chi connectivity index (χ4v) is 2.01. The van der Waals surface area contributed by atoms with Crippen LogP contribution in [0.3, 0.4) is 0 Å². The lowest BCUT2D eigenvalue weighted by molar-refractivity contribution is -0.139. The van der Waals surface area contributed by atoms with Crippen LogP contribution in [0.15, 0.2) is 30.5 Å². The summed E-state index contributed by atoms with van der Waals surface area (Å²) in [5.74, 6) is -0.812. The van der Waals surface area contributed by atoms with E-state index in [4.69, 9.17) is 5.11 Å². The maximum atomic E-state index is 11.0. The van der Waals surface area contributed by atoms with Crippen LogP contribution in [-0.4, -0.2) is 33.4 Å². The van der Waals surface area contributed by atoms with Gasteiger partial charge in [-0.05, 0) is 19.0 Å². The quantitative estimate of drug-likeness (QED) is 0.811. The zero-order chi connectivity index (χ0) is 13.0. The number of rotatable bonds is 6. The van der Waals surface area contributed by atoms with Crippen molar-refractivity contribution >= 4 is 16.9 Å². The zero-order valence-corrected chi connectivity index (χ0v) is 10.3. The number of nitrogens with one attached hydrogen (secondary N) is 1. The van der Waals surface area contributed by atoms with Gasteiger partial charge in [0.15, 0.2) is 0 Å². The first-order chi connectivity index (χ1) is 8.72. The largest absolute Gasteiger partial charge is 0.480 e. The third-order valence-corrected chi connectivity index (χ3v) is 2.93.